The highest BCUT2D eigenvalue weighted by Gasteiger charge is 2.13. The number of thiazole rings is 1. The molecule has 0 aliphatic rings. The van der Waals surface area contributed by atoms with E-state index in [1.165, 1.54) is 31.4 Å². The summed E-state index contributed by atoms with van der Waals surface area (Å²) in [4.78, 5) is 40.2. The van der Waals surface area contributed by atoms with Crippen molar-refractivity contribution in [3.8, 4) is 0 Å². The first-order valence-corrected chi connectivity index (χ1v) is 9.39. The maximum Gasteiger partial charge on any atom is 0.325 e. The maximum atomic E-state index is 12.6. The molecule has 0 atom stereocenters. The number of amides is 2. The van der Waals surface area contributed by atoms with Crippen LogP contribution in [-0.4, -0.2) is 29.5 Å². The number of carbonyl (C=O) groups is 3. The molecule has 2 aromatic carbocycles. The number of fused-ring (bicyclic) bond motifs is 1. The number of hydrogen-bond acceptors (Lipinski definition) is 5. The lowest BCUT2D eigenvalue weighted by atomic mass is 10.2. The molecule has 0 fully saturated rings. The summed E-state index contributed by atoms with van der Waals surface area (Å²) in [5, 5.41) is 3.14. The van der Waals surface area contributed by atoms with Crippen molar-refractivity contribution in [1.82, 2.24) is 4.57 Å². The van der Waals surface area contributed by atoms with Gasteiger partial charge in [0.15, 0.2) is 4.80 Å². The van der Waals surface area contributed by atoms with E-state index in [0.717, 1.165) is 4.70 Å². The van der Waals surface area contributed by atoms with Gasteiger partial charge in [-0.2, -0.15) is 4.99 Å². The molecule has 1 heterocycles. The predicted octanol–water partition coefficient (Wildman–Crippen LogP) is 3.23. The summed E-state index contributed by atoms with van der Waals surface area (Å²) >= 11 is 7.17. The smallest absolute Gasteiger partial charge is 0.325 e. The van der Waals surface area contributed by atoms with Crippen LogP contribution in [0.15, 0.2) is 47.5 Å². The third-order valence-corrected chi connectivity index (χ3v) is 5.06. The summed E-state index contributed by atoms with van der Waals surface area (Å²) in [5.41, 5.74) is 1.65. The highest BCUT2D eigenvalue weighted by atomic mass is 35.5. The fourth-order valence-corrected chi connectivity index (χ4v) is 3.82. The molecule has 7 nitrogen and oxygen atoms in total. The van der Waals surface area contributed by atoms with Crippen LogP contribution in [0.25, 0.3) is 10.2 Å². The van der Waals surface area contributed by atoms with Crippen LogP contribution in [0.4, 0.5) is 5.69 Å². The molecule has 2 amide bonds. The van der Waals surface area contributed by atoms with Crippen molar-refractivity contribution in [3.63, 3.8) is 0 Å². The van der Waals surface area contributed by atoms with Gasteiger partial charge < -0.3 is 14.6 Å². The molecule has 0 radical (unpaired) electrons. The fourth-order valence-electron chi connectivity index (χ4n) is 2.56. The van der Waals surface area contributed by atoms with Gasteiger partial charge >= 0.3 is 5.97 Å². The van der Waals surface area contributed by atoms with Gasteiger partial charge in [-0.3, -0.25) is 14.4 Å². The summed E-state index contributed by atoms with van der Waals surface area (Å²) in [7, 11) is 1.29. The van der Waals surface area contributed by atoms with Crippen molar-refractivity contribution < 1.29 is 19.1 Å². The first kappa shape index (κ1) is 19.8. The van der Waals surface area contributed by atoms with Crippen LogP contribution < -0.4 is 10.1 Å². The Morgan fingerprint density at radius 3 is 2.68 bits per heavy atom. The van der Waals surface area contributed by atoms with Crippen molar-refractivity contribution in [3.05, 3.63) is 57.9 Å². The minimum Gasteiger partial charge on any atom is -0.468 e. The molecular formula is C19H16ClN3O4S. The average Bonchev–Trinajstić information content (AvgIpc) is 2.97. The number of ether oxygens (including phenoxy) is 1. The number of aromatic nitrogens is 1. The van der Waals surface area contributed by atoms with E-state index < -0.39 is 11.9 Å². The van der Waals surface area contributed by atoms with Crippen LogP contribution in [0.5, 0.6) is 0 Å². The number of nitrogens with zero attached hydrogens (tertiary/aromatic N) is 2. The minimum atomic E-state index is -0.477. The zero-order chi connectivity index (χ0) is 20.3. The number of methoxy groups -OCH3 is 1. The van der Waals surface area contributed by atoms with E-state index in [1.807, 2.05) is 0 Å². The normalized spacial score (nSPS) is 11.5. The Morgan fingerprint density at radius 1 is 1.21 bits per heavy atom. The van der Waals surface area contributed by atoms with Crippen LogP contribution in [0, 0.1) is 0 Å². The van der Waals surface area contributed by atoms with Gasteiger partial charge in [0.05, 0.1) is 17.3 Å². The number of rotatable bonds is 4. The number of benzene rings is 2. The van der Waals surface area contributed by atoms with E-state index in [-0.39, 0.29) is 12.5 Å². The number of nitrogens with one attached hydrogen (secondary N) is 1. The monoisotopic (exact) mass is 417 g/mol. The number of anilines is 1. The standard InChI is InChI=1S/C19H16ClN3O4S/c1-11(24)21-14-6-7-15-16(9-14)28-19(23(15)10-17(25)27-2)22-18(26)12-4-3-5-13(20)8-12/h3-9H,10H2,1-2H3,(H,21,24). The van der Waals surface area contributed by atoms with E-state index >= 15 is 0 Å². The van der Waals surface area contributed by atoms with Crippen molar-refractivity contribution in [1.29, 1.82) is 0 Å². The second-order valence-electron chi connectivity index (χ2n) is 5.84. The Kier molecular flexibility index (Phi) is 5.91. The Morgan fingerprint density at radius 2 is 2.00 bits per heavy atom. The Balaban J connectivity index is 2.13. The highest BCUT2D eigenvalue weighted by Crippen LogP contribution is 2.22. The zero-order valence-corrected chi connectivity index (χ0v) is 16.6. The molecule has 0 unspecified atom stereocenters. The van der Waals surface area contributed by atoms with E-state index in [0.29, 0.717) is 26.6 Å². The van der Waals surface area contributed by atoms with Crippen LogP contribution >= 0.6 is 22.9 Å². The number of halogens is 1. The molecule has 9 heteroatoms. The lowest BCUT2D eigenvalue weighted by Gasteiger charge is -2.05. The molecule has 0 saturated carbocycles. The summed E-state index contributed by atoms with van der Waals surface area (Å²) in [6, 6.07) is 11.7. The van der Waals surface area contributed by atoms with Crippen LogP contribution in [0.2, 0.25) is 5.02 Å². The van der Waals surface area contributed by atoms with Gasteiger partial charge in [-0.25, -0.2) is 0 Å². The minimum absolute atomic E-state index is 0.0996. The zero-order valence-electron chi connectivity index (χ0n) is 15.1. The molecule has 0 aliphatic heterocycles. The van der Waals surface area contributed by atoms with E-state index in [4.69, 9.17) is 16.3 Å². The Bertz CT molecular complexity index is 1150. The van der Waals surface area contributed by atoms with E-state index in [1.54, 1.807) is 41.0 Å². The van der Waals surface area contributed by atoms with Crippen LogP contribution in [-0.2, 0) is 20.9 Å². The van der Waals surface area contributed by atoms with Gasteiger partial charge in [0, 0.05) is 23.2 Å². The molecule has 1 N–H and O–H groups in total. The van der Waals surface area contributed by atoms with Gasteiger partial charge in [0.1, 0.15) is 6.54 Å². The highest BCUT2D eigenvalue weighted by molar-refractivity contribution is 7.16. The number of esters is 1. The number of carbonyl (C=O) groups excluding carboxylic acids is 3. The second kappa shape index (κ2) is 8.37. The molecule has 0 saturated heterocycles. The van der Waals surface area contributed by atoms with Crippen LogP contribution in [0.1, 0.15) is 17.3 Å². The Hall–Kier alpha value is -2.97. The lowest BCUT2D eigenvalue weighted by molar-refractivity contribution is -0.141. The summed E-state index contributed by atoms with van der Waals surface area (Å²) < 4.78 is 7.11. The predicted molar refractivity (Wildman–Crippen MR) is 107 cm³/mol. The quantitative estimate of drug-likeness (QED) is 0.660. The van der Waals surface area contributed by atoms with Crippen molar-refractivity contribution in [2.24, 2.45) is 4.99 Å². The SMILES string of the molecule is COC(=O)Cn1c(=NC(=O)c2cccc(Cl)c2)sc2cc(NC(C)=O)ccc21. The van der Waals surface area contributed by atoms with Crippen molar-refractivity contribution in [2.75, 3.05) is 12.4 Å². The van der Waals surface area contributed by atoms with Gasteiger partial charge in [0.25, 0.3) is 5.91 Å². The third kappa shape index (κ3) is 4.47. The average molecular weight is 418 g/mol. The second-order valence-corrected chi connectivity index (χ2v) is 7.28. The van der Waals surface area contributed by atoms with Gasteiger partial charge in [-0.1, -0.05) is 29.0 Å². The van der Waals surface area contributed by atoms with Gasteiger partial charge in [0.2, 0.25) is 5.91 Å². The molecule has 3 aromatic rings. The molecule has 3 rings (SSSR count). The summed E-state index contributed by atoms with van der Waals surface area (Å²) in [6.07, 6.45) is 0. The summed E-state index contributed by atoms with van der Waals surface area (Å²) in [6.45, 7) is 1.32. The molecule has 0 spiro atoms. The molecular weight excluding hydrogens is 402 g/mol. The Labute approximate surface area is 169 Å². The first-order valence-electron chi connectivity index (χ1n) is 8.20. The van der Waals surface area contributed by atoms with Crippen LogP contribution in [0.3, 0.4) is 0 Å². The third-order valence-electron chi connectivity index (χ3n) is 3.79. The van der Waals surface area contributed by atoms with E-state index in [9.17, 15) is 14.4 Å². The van der Waals surface area contributed by atoms with Crippen molar-refractivity contribution >= 4 is 56.6 Å². The molecule has 1 aromatic heterocycles. The molecule has 0 bridgehead atoms. The number of hydrogen-bond donors (Lipinski definition) is 1. The largest absolute Gasteiger partial charge is 0.468 e. The molecule has 0 aliphatic carbocycles. The van der Waals surface area contributed by atoms with Gasteiger partial charge in [-0.15, -0.1) is 0 Å². The van der Waals surface area contributed by atoms with E-state index in [2.05, 4.69) is 10.3 Å². The lowest BCUT2D eigenvalue weighted by Crippen LogP contribution is -2.22. The molecule has 28 heavy (non-hydrogen) atoms. The summed E-state index contributed by atoms with van der Waals surface area (Å²) in [5.74, 6) is -1.14. The van der Waals surface area contributed by atoms with Crippen molar-refractivity contribution in [2.45, 2.75) is 13.5 Å². The topological polar surface area (TPSA) is 89.8 Å². The molecule has 144 valence electrons. The maximum absolute atomic E-state index is 12.6. The van der Waals surface area contributed by atoms with Gasteiger partial charge in [-0.05, 0) is 36.4 Å². The fraction of sp³-hybridized carbons (Fsp3) is 0.158. The first-order chi connectivity index (χ1) is 13.4.